The third kappa shape index (κ3) is 8.78. The molecule has 12 heavy (non-hydrogen) atoms. The van der Waals surface area contributed by atoms with Gasteiger partial charge in [0.1, 0.15) is 0 Å². The molecule has 0 radical (unpaired) electrons. The fourth-order valence-electron chi connectivity index (χ4n) is 1.08. The van der Waals surface area contributed by atoms with Crippen LogP contribution in [0.3, 0.4) is 0 Å². The van der Waals surface area contributed by atoms with E-state index in [4.69, 9.17) is 0 Å². The molecule has 0 aromatic heterocycles. The minimum Gasteiger partial charge on any atom is -0.550 e. The van der Waals surface area contributed by atoms with E-state index in [0.717, 1.165) is 25.7 Å². The van der Waals surface area contributed by atoms with Gasteiger partial charge < -0.3 is 15.4 Å². The van der Waals surface area contributed by atoms with E-state index in [1.54, 1.807) is 0 Å². The molecule has 0 rings (SSSR count). The molecule has 3 nitrogen and oxygen atoms in total. The van der Waals surface area contributed by atoms with Crippen LogP contribution in [-0.4, -0.2) is 49.2 Å². The Bertz CT molecular complexity index is 100. The number of carboxylic acid groups (broad SMARTS) is 1. The first-order valence-electron chi connectivity index (χ1n) is 3.93. The summed E-state index contributed by atoms with van der Waals surface area (Å²) in [4.78, 5) is 10.4. The second kappa shape index (κ2) is 11.7. The SMILES string of the molecule is CCCC(CCC)C(=O)[O-].O.[Ca+2]. The molecule has 0 aromatic rings. The quantitative estimate of drug-likeness (QED) is 0.575. The number of carbonyl (C=O) groups is 1. The maximum Gasteiger partial charge on any atom is 2.00 e. The van der Waals surface area contributed by atoms with Crippen LogP contribution in [-0.2, 0) is 4.79 Å². The number of carboxylic acids is 1. The molecule has 0 heterocycles. The zero-order valence-electron chi connectivity index (χ0n) is 7.93. The summed E-state index contributed by atoms with van der Waals surface area (Å²) in [6.45, 7) is 3.98. The van der Waals surface area contributed by atoms with Crippen molar-refractivity contribution in [1.29, 1.82) is 0 Å². The molecular formula is C8H17CaO3+. The van der Waals surface area contributed by atoms with Gasteiger partial charge in [-0.2, -0.15) is 0 Å². The number of hydrogen-bond donors (Lipinski definition) is 0. The van der Waals surface area contributed by atoms with Gasteiger partial charge in [0.25, 0.3) is 0 Å². The molecule has 68 valence electrons. The summed E-state index contributed by atoms with van der Waals surface area (Å²) in [6.07, 6.45) is 3.38. The first kappa shape index (κ1) is 18.5. The minimum absolute atomic E-state index is 0. The third-order valence-electron chi connectivity index (χ3n) is 1.61. The Morgan fingerprint density at radius 2 is 1.58 bits per heavy atom. The Morgan fingerprint density at radius 1 is 1.25 bits per heavy atom. The van der Waals surface area contributed by atoms with Gasteiger partial charge in [-0.05, 0) is 18.8 Å². The zero-order valence-corrected chi connectivity index (χ0v) is 10.1. The van der Waals surface area contributed by atoms with Crippen LogP contribution in [0.1, 0.15) is 39.5 Å². The number of rotatable bonds is 5. The number of aliphatic carboxylic acids is 1. The van der Waals surface area contributed by atoms with Crippen LogP contribution < -0.4 is 5.11 Å². The Hall–Kier alpha value is 0.690. The van der Waals surface area contributed by atoms with Crippen LogP contribution in [0.15, 0.2) is 0 Å². The maximum atomic E-state index is 10.4. The Morgan fingerprint density at radius 3 is 1.75 bits per heavy atom. The van der Waals surface area contributed by atoms with Crippen LogP contribution in [0.5, 0.6) is 0 Å². The van der Waals surface area contributed by atoms with Crippen LogP contribution in [0.25, 0.3) is 0 Å². The minimum atomic E-state index is -0.885. The van der Waals surface area contributed by atoms with Gasteiger partial charge in [-0.1, -0.05) is 26.7 Å². The summed E-state index contributed by atoms with van der Waals surface area (Å²) in [6, 6.07) is 0. The standard InChI is InChI=1S/C8H16O2.Ca.H2O/c1-3-5-7(6-4-2)8(9)10;;/h7H,3-6H2,1-2H3,(H,9,10);;1H2/q;+2;/p-1. The monoisotopic (exact) mass is 201 g/mol. The molecule has 4 heteroatoms. The molecular weight excluding hydrogens is 184 g/mol. The van der Waals surface area contributed by atoms with Gasteiger partial charge in [0.15, 0.2) is 0 Å². The average Bonchev–Trinajstić information content (AvgIpc) is 1.87. The van der Waals surface area contributed by atoms with E-state index in [0.29, 0.717) is 0 Å². The second-order valence-corrected chi connectivity index (χ2v) is 2.59. The molecule has 0 amide bonds. The van der Waals surface area contributed by atoms with Crippen molar-refractivity contribution in [1.82, 2.24) is 0 Å². The van der Waals surface area contributed by atoms with Crippen molar-refractivity contribution in [3.8, 4) is 0 Å². The summed E-state index contributed by atoms with van der Waals surface area (Å²) in [7, 11) is 0. The van der Waals surface area contributed by atoms with E-state index in [-0.39, 0.29) is 49.1 Å². The molecule has 0 spiro atoms. The third-order valence-corrected chi connectivity index (χ3v) is 1.61. The summed E-state index contributed by atoms with van der Waals surface area (Å²) in [5.74, 6) is -1.10. The fraction of sp³-hybridized carbons (Fsp3) is 0.875. The predicted octanol–water partition coefficient (Wildman–Crippen LogP) is -0.253. The molecule has 2 N–H and O–H groups in total. The maximum absolute atomic E-state index is 10.4. The van der Waals surface area contributed by atoms with E-state index >= 15 is 0 Å². The summed E-state index contributed by atoms with van der Waals surface area (Å²) >= 11 is 0. The van der Waals surface area contributed by atoms with Crippen molar-refractivity contribution in [3.05, 3.63) is 0 Å². The van der Waals surface area contributed by atoms with Gasteiger partial charge in [0.2, 0.25) is 0 Å². The molecule has 0 aliphatic heterocycles. The van der Waals surface area contributed by atoms with Crippen molar-refractivity contribution >= 4 is 43.7 Å². The second-order valence-electron chi connectivity index (χ2n) is 2.59. The first-order valence-corrected chi connectivity index (χ1v) is 3.93. The summed E-state index contributed by atoms with van der Waals surface area (Å²) in [5.41, 5.74) is 0. The molecule has 0 aliphatic carbocycles. The summed E-state index contributed by atoms with van der Waals surface area (Å²) in [5, 5.41) is 10.4. The fourth-order valence-corrected chi connectivity index (χ4v) is 1.08. The van der Waals surface area contributed by atoms with Crippen LogP contribution in [0.4, 0.5) is 0 Å². The van der Waals surface area contributed by atoms with Gasteiger partial charge in [-0.15, -0.1) is 0 Å². The Balaban J connectivity index is -0.000000405. The largest absolute Gasteiger partial charge is 2.00 e. The van der Waals surface area contributed by atoms with E-state index in [2.05, 4.69) is 0 Å². The molecule has 0 fully saturated rings. The van der Waals surface area contributed by atoms with Crippen LogP contribution in [0, 0.1) is 5.92 Å². The van der Waals surface area contributed by atoms with E-state index in [1.165, 1.54) is 0 Å². The predicted molar refractivity (Wildman–Crippen MR) is 47.7 cm³/mol. The van der Waals surface area contributed by atoms with E-state index in [9.17, 15) is 9.90 Å². The van der Waals surface area contributed by atoms with Gasteiger partial charge in [0, 0.05) is 5.97 Å². The topological polar surface area (TPSA) is 71.6 Å². The first-order chi connectivity index (χ1) is 4.72. The van der Waals surface area contributed by atoms with Crippen LogP contribution in [0.2, 0.25) is 0 Å². The Kier molecular flexibility index (Phi) is 18.0. The molecule has 0 atom stereocenters. The molecule has 0 unspecified atom stereocenters. The van der Waals surface area contributed by atoms with Crippen molar-refractivity contribution < 1.29 is 15.4 Å². The van der Waals surface area contributed by atoms with Gasteiger partial charge in [-0.25, -0.2) is 0 Å². The van der Waals surface area contributed by atoms with E-state index < -0.39 is 5.97 Å². The van der Waals surface area contributed by atoms with Gasteiger partial charge in [-0.3, -0.25) is 0 Å². The number of hydrogen-bond acceptors (Lipinski definition) is 2. The van der Waals surface area contributed by atoms with Crippen LogP contribution >= 0.6 is 0 Å². The molecule has 0 aromatic carbocycles. The van der Waals surface area contributed by atoms with E-state index in [1.807, 2.05) is 13.8 Å². The average molecular weight is 201 g/mol. The molecule has 0 bridgehead atoms. The Labute approximate surface area is 104 Å². The summed E-state index contributed by atoms with van der Waals surface area (Å²) < 4.78 is 0. The van der Waals surface area contributed by atoms with Crippen molar-refractivity contribution in [2.45, 2.75) is 39.5 Å². The van der Waals surface area contributed by atoms with Crippen molar-refractivity contribution in [3.63, 3.8) is 0 Å². The van der Waals surface area contributed by atoms with Gasteiger partial charge in [0.05, 0.1) is 0 Å². The molecule has 0 saturated carbocycles. The molecule has 0 saturated heterocycles. The number of carbonyl (C=O) groups excluding carboxylic acids is 1. The zero-order chi connectivity index (χ0) is 7.98. The van der Waals surface area contributed by atoms with Crippen molar-refractivity contribution in [2.75, 3.05) is 0 Å². The smallest absolute Gasteiger partial charge is 0.550 e. The normalized spacial score (nSPS) is 8.58. The van der Waals surface area contributed by atoms with Gasteiger partial charge >= 0.3 is 37.7 Å². The molecule has 0 aliphatic rings. The van der Waals surface area contributed by atoms with Crippen molar-refractivity contribution in [2.24, 2.45) is 5.92 Å².